The molecule has 0 bridgehead atoms. The first-order chi connectivity index (χ1) is 15.8. The molecule has 8 nitrogen and oxygen atoms in total. The van der Waals surface area contributed by atoms with E-state index < -0.39 is 5.91 Å². The fourth-order valence-electron chi connectivity index (χ4n) is 2.89. The molecule has 3 N–H and O–H groups in total. The first-order valence-electron chi connectivity index (χ1n) is 9.98. The van der Waals surface area contributed by atoms with Gasteiger partial charge in [-0.15, -0.1) is 0 Å². The zero-order valence-electron chi connectivity index (χ0n) is 18.0. The summed E-state index contributed by atoms with van der Waals surface area (Å²) in [5.41, 5.74) is 7.79. The Morgan fingerprint density at radius 1 is 1.06 bits per heavy atom. The van der Waals surface area contributed by atoms with E-state index in [4.69, 9.17) is 5.73 Å². The summed E-state index contributed by atoms with van der Waals surface area (Å²) >= 11 is 0. The van der Waals surface area contributed by atoms with Gasteiger partial charge >= 0.3 is 0 Å². The number of rotatable bonds is 5. The molecule has 0 fully saturated rings. The van der Waals surface area contributed by atoms with E-state index in [1.54, 1.807) is 31.2 Å². The Hall–Kier alpha value is -4.05. The molecular formula is C23H22F2N6O2. The largest absolute Gasteiger partial charge is 0.347 e. The molecule has 0 saturated heterocycles. The Morgan fingerprint density at radius 2 is 1.76 bits per heavy atom. The highest BCUT2D eigenvalue weighted by molar-refractivity contribution is 5.98. The zero-order chi connectivity index (χ0) is 24.0. The van der Waals surface area contributed by atoms with Crippen LogP contribution in [0.3, 0.4) is 0 Å². The highest BCUT2D eigenvalue weighted by atomic mass is 19.1. The van der Waals surface area contributed by atoms with E-state index >= 15 is 0 Å². The number of carbonyl (C=O) groups is 2. The number of Topliss-reactive ketones (excluding diaryl/α,β-unsaturated/α-hetero) is 1. The van der Waals surface area contributed by atoms with Crippen molar-refractivity contribution in [3.8, 4) is 0 Å². The Morgan fingerprint density at radius 3 is 2.39 bits per heavy atom. The van der Waals surface area contributed by atoms with E-state index in [0.29, 0.717) is 12.1 Å². The number of carbonyl (C=O) groups excluding carboxylic acids is 2. The lowest BCUT2D eigenvalue weighted by Gasteiger charge is -2.07. The number of ketones is 1. The van der Waals surface area contributed by atoms with Gasteiger partial charge in [-0.05, 0) is 47.9 Å². The van der Waals surface area contributed by atoms with E-state index in [1.165, 1.54) is 42.0 Å². The minimum Gasteiger partial charge on any atom is -0.347 e. The van der Waals surface area contributed by atoms with Crippen LogP contribution in [0.5, 0.6) is 0 Å². The lowest BCUT2D eigenvalue weighted by Crippen LogP contribution is -2.25. The van der Waals surface area contributed by atoms with E-state index in [1.807, 2.05) is 0 Å². The highest BCUT2D eigenvalue weighted by Gasteiger charge is 2.15. The summed E-state index contributed by atoms with van der Waals surface area (Å²) in [5.74, 6) is -1.05. The first kappa shape index (κ1) is 23.6. The van der Waals surface area contributed by atoms with Crippen LogP contribution >= 0.6 is 0 Å². The zero-order valence-corrected chi connectivity index (χ0v) is 18.0. The second-order valence-corrected chi connectivity index (χ2v) is 7.15. The molecule has 0 radical (unpaired) electrons. The van der Waals surface area contributed by atoms with Crippen molar-refractivity contribution in [2.45, 2.75) is 26.9 Å². The highest BCUT2D eigenvalue weighted by Crippen LogP contribution is 2.10. The maximum absolute atomic E-state index is 13.3. The van der Waals surface area contributed by atoms with Crippen LogP contribution in [-0.2, 0) is 13.1 Å². The fourth-order valence-corrected chi connectivity index (χ4v) is 2.89. The molecule has 0 spiro atoms. The molecule has 0 aliphatic rings. The number of aromatic nitrogens is 4. The number of nitrogens with two attached hydrogens (primary N) is 1. The summed E-state index contributed by atoms with van der Waals surface area (Å²) in [6.07, 6.45) is 1.26. The van der Waals surface area contributed by atoms with Crippen LogP contribution in [-0.4, -0.2) is 31.3 Å². The number of fused-ring (bicyclic) bond motifs is 1. The summed E-state index contributed by atoms with van der Waals surface area (Å²) in [7, 11) is 0. The molecule has 0 atom stereocenters. The molecule has 2 aromatic heterocycles. The van der Waals surface area contributed by atoms with E-state index in [0.717, 1.165) is 11.1 Å². The second-order valence-electron chi connectivity index (χ2n) is 7.15. The summed E-state index contributed by atoms with van der Waals surface area (Å²) in [4.78, 5) is 32.0. The van der Waals surface area contributed by atoms with Gasteiger partial charge < -0.3 is 11.1 Å². The molecule has 2 heterocycles. The molecule has 0 unspecified atom stereocenters. The van der Waals surface area contributed by atoms with Crippen LogP contribution in [0.1, 0.15) is 44.6 Å². The molecule has 10 heteroatoms. The number of halogens is 2. The van der Waals surface area contributed by atoms with Crippen molar-refractivity contribution in [2.75, 3.05) is 0 Å². The average molecular weight is 452 g/mol. The van der Waals surface area contributed by atoms with Gasteiger partial charge in [0.2, 0.25) is 0 Å². The minimum absolute atomic E-state index is 0.0690. The Kier molecular flexibility index (Phi) is 7.52. The fraction of sp³-hybridized carbons (Fsp3) is 0.174. The van der Waals surface area contributed by atoms with Gasteiger partial charge in [0, 0.05) is 20.0 Å². The van der Waals surface area contributed by atoms with Gasteiger partial charge in [-0.1, -0.05) is 24.3 Å². The van der Waals surface area contributed by atoms with Crippen molar-refractivity contribution < 1.29 is 18.4 Å². The molecule has 0 saturated carbocycles. The van der Waals surface area contributed by atoms with Crippen LogP contribution < -0.4 is 11.1 Å². The van der Waals surface area contributed by atoms with Gasteiger partial charge in [0.05, 0.1) is 0 Å². The molecule has 2 aromatic carbocycles. The van der Waals surface area contributed by atoms with Crippen LogP contribution in [0.4, 0.5) is 8.78 Å². The van der Waals surface area contributed by atoms with Gasteiger partial charge in [-0.3, -0.25) is 9.59 Å². The smallest absolute Gasteiger partial charge is 0.270 e. The quantitative estimate of drug-likeness (QED) is 0.450. The summed E-state index contributed by atoms with van der Waals surface area (Å²) in [6.45, 7) is 3.72. The van der Waals surface area contributed by atoms with Gasteiger partial charge in [0.15, 0.2) is 5.78 Å². The van der Waals surface area contributed by atoms with Crippen LogP contribution in [0.2, 0.25) is 0 Å². The third-order valence-electron chi connectivity index (χ3n) is 4.67. The third-order valence-corrected chi connectivity index (χ3v) is 4.67. The SMILES string of the molecule is CC(=O)c1cc(C(=O)NCc2ccc(F)c(C)c2)nc2ncnn12.NCc1ccc(F)cc1. The number of nitrogens with zero attached hydrogens (tertiary/aromatic N) is 4. The summed E-state index contributed by atoms with van der Waals surface area (Å²) < 4.78 is 26.7. The maximum Gasteiger partial charge on any atom is 0.270 e. The van der Waals surface area contributed by atoms with E-state index in [-0.39, 0.29) is 41.1 Å². The van der Waals surface area contributed by atoms with Gasteiger partial charge in [0.1, 0.15) is 29.3 Å². The minimum atomic E-state index is -0.454. The van der Waals surface area contributed by atoms with Crippen molar-refractivity contribution in [2.24, 2.45) is 5.73 Å². The van der Waals surface area contributed by atoms with Crippen molar-refractivity contribution in [3.05, 3.63) is 94.6 Å². The Bertz CT molecular complexity index is 1290. The third kappa shape index (κ3) is 6.01. The Labute approximate surface area is 188 Å². The molecule has 170 valence electrons. The van der Waals surface area contributed by atoms with Crippen molar-refractivity contribution in [1.82, 2.24) is 24.9 Å². The number of benzene rings is 2. The van der Waals surface area contributed by atoms with Gasteiger partial charge in [-0.25, -0.2) is 13.8 Å². The number of hydrogen-bond acceptors (Lipinski definition) is 6. The van der Waals surface area contributed by atoms with Crippen LogP contribution in [0.25, 0.3) is 5.78 Å². The van der Waals surface area contributed by atoms with E-state index in [2.05, 4.69) is 20.4 Å². The average Bonchev–Trinajstić information content (AvgIpc) is 3.28. The molecule has 0 aliphatic heterocycles. The molecule has 4 aromatic rings. The van der Waals surface area contributed by atoms with E-state index in [9.17, 15) is 18.4 Å². The maximum atomic E-state index is 13.3. The monoisotopic (exact) mass is 452 g/mol. The number of amides is 1. The predicted molar refractivity (Wildman–Crippen MR) is 117 cm³/mol. The normalized spacial score (nSPS) is 10.5. The van der Waals surface area contributed by atoms with Gasteiger partial charge in [-0.2, -0.15) is 14.6 Å². The molecular weight excluding hydrogens is 430 g/mol. The van der Waals surface area contributed by atoms with Crippen molar-refractivity contribution >= 4 is 17.5 Å². The number of aryl methyl sites for hydroxylation is 1. The Balaban J connectivity index is 0.000000286. The lowest BCUT2D eigenvalue weighted by atomic mass is 10.1. The van der Waals surface area contributed by atoms with Crippen LogP contribution in [0.15, 0.2) is 54.9 Å². The number of nitrogens with one attached hydrogen (secondary N) is 1. The van der Waals surface area contributed by atoms with Crippen LogP contribution in [0, 0.1) is 18.6 Å². The standard InChI is InChI=1S/C16H14FN5O2.C7H8FN/c1-9-5-11(3-4-12(9)17)7-18-15(24)13-6-14(10(2)23)22-16(21-13)19-8-20-22;8-7-3-1-6(5-9)2-4-7/h3-6,8H,7H2,1-2H3,(H,18,24);1-4H,5,9H2. The van der Waals surface area contributed by atoms with Crippen molar-refractivity contribution in [1.29, 1.82) is 0 Å². The second kappa shape index (κ2) is 10.5. The molecule has 4 rings (SSSR count). The molecule has 33 heavy (non-hydrogen) atoms. The summed E-state index contributed by atoms with van der Waals surface area (Å²) in [5, 5.41) is 6.60. The molecule has 1 amide bonds. The predicted octanol–water partition coefficient (Wildman–Crippen LogP) is 2.99. The lowest BCUT2D eigenvalue weighted by molar-refractivity contribution is 0.0946. The van der Waals surface area contributed by atoms with Crippen molar-refractivity contribution in [3.63, 3.8) is 0 Å². The topological polar surface area (TPSA) is 115 Å². The first-order valence-corrected chi connectivity index (χ1v) is 9.98. The summed E-state index contributed by atoms with van der Waals surface area (Å²) in [6, 6.07) is 12.1. The number of hydrogen-bond donors (Lipinski definition) is 2. The van der Waals surface area contributed by atoms with Gasteiger partial charge in [0.25, 0.3) is 11.7 Å². The molecule has 0 aliphatic carbocycles.